The van der Waals surface area contributed by atoms with Gasteiger partial charge in [0.05, 0.1) is 5.92 Å². The second-order valence-corrected chi connectivity index (χ2v) is 5.38. The van der Waals surface area contributed by atoms with Crippen LogP contribution in [0.4, 0.5) is 4.39 Å². The molecule has 0 aromatic heterocycles. The van der Waals surface area contributed by atoms with Gasteiger partial charge in [0.1, 0.15) is 11.6 Å². The van der Waals surface area contributed by atoms with Gasteiger partial charge in [-0.15, -0.1) is 0 Å². The van der Waals surface area contributed by atoms with E-state index in [4.69, 9.17) is 4.74 Å². The Balaban J connectivity index is 1.83. The van der Waals surface area contributed by atoms with Crippen LogP contribution in [-0.4, -0.2) is 5.97 Å². The fraction of sp³-hybridized carbons (Fsp3) is 0.562. The number of esters is 1. The Morgan fingerprint density at radius 1 is 1.21 bits per heavy atom. The Bertz CT molecular complexity index is 405. The Morgan fingerprint density at radius 2 is 1.84 bits per heavy atom. The molecule has 0 aliphatic heterocycles. The molecule has 1 aliphatic carbocycles. The third-order valence-electron chi connectivity index (χ3n) is 3.91. The third-order valence-corrected chi connectivity index (χ3v) is 3.91. The topological polar surface area (TPSA) is 26.3 Å². The lowest BCUT2D eigenvalue weighted by atomic mass is 9.80. The lowest BCUT2D eigenvalue weighted by molar-refractivity contribution is -0.140. The van der Waals surface area contributed by atoms with Crippen molar-refractivity contribution in [3.8, 4) is 5.75 Å². The first kappa shape index (κ1) is 14.0. The van der Waals surface area contributed by atoms with Gasteiger partial charge in [0.25, 0.3) is 0 Å². The number of hydrogen-bond donors (Lipinski definition) is 0. The van der Waals surface area contributed by atoms with Crippen molar-refractivity contribution in [2.24, 2.45) is 11.8 Å². The van der Waals surface area contributed by atoms with Gasteiger partial charge in [-0.2, -0.15) is 0 Å². The minimum atomic E-state index is -0.320. The first-order valence-electron chi connectivity index (χ1n) is 7.16. The number of halogens is 1. The highest BCUT2D eigenvalue weighted by Gasteiger charge is 2.27. The Kier molecular flexibility index (Phi) is 4.94. The van der Waals surface area contributed by atoms with E-state index in [1.165, 1.54) is 37.1 Å². The predicted octanol–water partition coefficient (Wildman–Crippen LogP) is 4.34. The maximum atomic E-state index is 12.8. The van der Waals surface area contributed by atoms with Crippen LogP contribution in [0.2, 0.25) is 0 Å². The first-order valence-corrected chi connectivity index (χ1v) is 7.16. The predicted molar refractivity (Wildman–Crippen MR) is 72.4 cm³/mol. The standard InChI is InChI=1S/C16H21FO2/c1-2-3-12-4-6-13(7-5-12)16(18)19-15-10-8-14(17)9-11-15/h8-13H,2-7H2,1H3/t12-,13-. The van der Waals surface area contributed by atoms with Crippen molar-refractivity contribution in [3.05, 3.63) is 30.1 Å². The molecule has 1 fully saturated rings. The van der Waals surface area contributed by atoms with Crippen LogP contribution in [0.15, 0.2) is 24.3 Å². The van der Waals surface area contributed by atoms with Gasteiger partial charge in [-0.3, -0.25) is 4.79 Å². The van der Waals surface area contributed by atoms with Crippen LogP contribution in [0.3, 0.4) is 0 Å². The largest absolute Gasteiger partial charge is 0.426 e. The highest BCUT2D eigenvalue weighted by molar-refractivity contribution is 5.75. The molecule has 0 spiro atoms. The molecule has 0 N–H and O–H groups in total. The molecule has 0 amide bonds. The Morgan fingerprint density at radius 3 is 2.42 bits per heavy atom. The summed E-state index contributed by atoms with van der Waals surface area (Å²) in [5.41, 5.74) is 0. The zero-order valence-corrected chi connectivity index (χ0v) is 11.4. The summed E-state index contributed by atoms with van der Waals surface area (Å²) in [6, 6.07) is 5.60. The molecule has 2 nitrogen and oxygen atoms in total. The average Bonchev–Trinajstić information content (AvgIpc) is 2.42. The van der Waals surface area contributed by atoms with Crippen molar-refractivity contribution in [2.45, 2.75) is 45.4 Å². The third kappa shape index (κ3) is 4.05. The lowest BCUT2D eigenvalue weighted by Crippen LogP contribution is -2.25. The molecule has 1 saturated carbocycles. The summed E-state index contributed by atoms with van der Waals surface area (Å²) in [6.07, 6.45) is 6.57. The van der Waals surface area contributed by atoms with Crippen LogP contribution < -0.4 is 4.74 Å². The van der Waals surface area contributed by atoms with Crippen molar-refractivity contribution in [3.63, 3.8) is 0 Å². The molecule has 19 heavy (non-hydrogen) atoms. The highest BCUT2D eigenvalue weighted by atomic mass is 19.1. The number of carbonyl (C=O) groups is 1. The molecule has 0 atom stereocenters. The number of hydrogen-bond acceptors (Lipinski definition) is 2. The Labute approximate surface area is 114 Å². The van der Waals surface area contributed by atoms with E-state index >= 15 is 0 Å². The number of ether oxygens (including phenoxy) is 1. The van der Waals surface area contributed by atoms with Crippen molar-refractivity contribution < 1.29 is 13.9 Å². The number of rotatable bonds is 4. The Hall–Kier alpha value is -1.38. The highest BCUT2D eigenvalue weighted by Crippen LogP contribution is 2.32. The van der Waals surface area contributed by atoms with Gasteiger partial charge >= 0.3 is 5.97 Å². The molecule has 1 aliphatic rings. The van der Waals surface area contributed by atoms with E-state index < -0.39 is 0 Å². The molecule has 0 bridgehead atoms. The van der Waals surface area contributed by atoms with Gasteiger partial charge < -0.3 is 4.74 Å². The van der Waals surface area contributed by atoms with Crippen molar-refractivity contribution >= 4 is 5.97 Å². The van der Waals surface area contributed by atoms with Crippen LogP contribution in [0.5, 0.6) is 5.75 Å². The van der Waals surface area contributed by atoms with Crippen molar-refractivity contribution in [1.82, 2.24) is 0 Å². The molecular formula is C16H21FO2. The molecule has 0 unspecified atom stereocenters. The summed E-state index contributed by atoms with van der Waals surface area (Å²) in [7, 11) is 0. The molecule has 0 radical (unpaired) electrons. The SMILES string of the molecule is CCC[C@H]1CC[C@H](C(=O)Oc2ccc(F)cc2)CC1. The summed E-state index contributed by atoms with van der Waals surface area (Å²) >= 11 is 0. The van der Waals surface area contributed by atoms with Gasteiger partial charge in [0.2, 0.25) is 0 Å². The fourth-order valence-corrected chi connectivity index (χ4v) is 2.80. The smallest absolute Gasteiger partial charge is 0.314 e. The van der Waals surface area contributed by atoms with E-state index in [9.17, 15) is 9.18 Å². The molecule has 104 valence electrons. The summed E-state index contributed by atoms with van der Waals surface area (Å²) in [6.45, 7) is 2.20. The zero-order valence-electron chi connectivity index (χ0n) is 11.4. The van der Waals surface area contributed by atoms with E-state index in [0.717, 1.165) is 31.6 Å². The van der Waals surface area contributed by atoms with E-state index in [1.54, 1.807) is 0 Å². The van der Waals surface area contributed by atoms with Gasteiger partial charge in [-0.05, 0) is 55.9 Å². The van der Waals surface area contributed by atoms with Gasteiger partial charge in [-0.1, -0.05) is 19.8 Å². The zero-order chi connectivity index (χ0) is 13.7. The molecule has 0 heterocycles. The van der Waals surface area contributed by atoms with Gasteiger partial charge in [0.15, 0.2) is 0 Å². The maximum Gasteiger partial charge on any atom is 0.314 e. The van der Waals surface area contributed by atoms with Crippen LogP contribution >= 0.6 is 0 Å². The summed E-state index contributed by atoms with van der Waals surface area (Å²) < 4.78 is 18.1. The minimum Gasteiger partial charge on any atom is -0.426 e. The average molecular weight is 264 g/mol. The lowest BCUT2D eigenvalue weighted by Gasteiger charge is -2.26. The fourth-order valence-electron chi connectivity index (χ4n) is 2.80. The summed E-state index contributed by atoms with van der Waals surface area (Å²) in [4.78, 5) is 12.0. The molecular weight excluding hydrogens is 243 g/mol. The van der Waals surface area contributed by atoms with E-state index in [-0.39, 0.29) is 17.7 Å². The summed E-state index contributed by atoms with van der Waals surface area (Å²) in [5.74, 6) is 0.738. The van der Waals surface area contributed by atoms with Gasteiger partial charge in [0, 0.05) is 0 Å². The number of carbonyl (C=O) groups excluding carboxylic acids is 1. The molecule has 1 aromatic rings. The van der Waals surface area contributed by atoms with E-state index in [1.807, 2.05) is 0 Å². The normalized spacial score (nSPS) is 23.1. The molecule has 3 heteroatoms. The van der Waals surface area contributed by atoms with E-state index in [2.05, 4.69) is 6.92 Å². The quantitative estimate of drug-likeness (QED) is 0.597. The maximum absolute atomic E-state index is 12.8. The first-order chi connectivity index (χ1) is 9.19. The number of benzene rings is 1. The molecule has 0 saturated heterocycles. The van der Waals surface area contributed by atoms with Crippen molar-refractivity contribution in [1.29, 1.82) is 0 Å². The van der Waals surface area contributed by atoms with Crippen LogP contribution in [0, 0.1) is 17.7 Å². The van der Waals surface area contributed by atoms with Crippen LogP contribution in [0.25, 0.3) is 0 Å². The molecule has 2 rings (SSSR count). The monoisotopic (exact) mass is 264 g/mol. The second kappa shape index (κ2) is 6.69. The summed E-state index contributed by atoms with van der Waals surface area (Å²) in [5, 5.41) is 0. The van der Waals surface area contributed by atoms with E-state index in [0.29, 0.717) is 5.75 Å². The molecule has 1 aromatic carbocycles. The van der Waals surface area contributed by atoms with Crippen LogP contribution in [-0.2, 0) is 4.79 Å². The second-order valence-electron chi connectivity index (χ2n) is 5.38. The van der Waals surface area contributed by atoms with Gasteiger partial charge in [-0.25, -0.2) is 4.39 Å². The van der Waals surface area contributed by atoms with Crippen LogP contribution in [0.1, 0.15) is 45.4 Å². The van der Waals surface area contributed by atoms with Crippen molar-refractivity contribution in [2.75, 3.05) is 0 Å². The minimum absolute atomic E-state index is 0.0122.